The van der Waals surface area contributed by atoms with Gasteiger partial charge in [0.15, 0.2) is 0 Å². The van der Waals surface area contributed by atoms with Crippen molar-refractivity contribution in [3.63, 3.8) is 0 Å². The van der Waals surface area contributed by atoms with Gasteiger partial charge in [-0.05, 0) is 6.07 Å². The molecule has 2 aromatic heterocycles. The van der Waals surface area contributed by atoms with Crippen molar-refractivity contribution in [2.45, 2.75) is 6.42 Å². The standard InChI is InChI=1S/C12H15N5OS/c1-2-5-13-11(18)14-7-4-10-9-19-12(16-10)17-8-3-6-15-17/h2-3,6,8-9H,1,4-5,7H2,(H2,13,14,18). The van der Waals surface area contributed by atoms with E-state index in [2.05, 4.69) is 27.3 Å². The predicted octanol–water partition coefficient (Wildman–Crippen LogP) is 1.36. The molecule has 2 aromatic rings. The summed E-state index contributed by atoms with van der Waals surface area (Å²) in [5, 5.41) is 12.3. The molecule has 0 atom stereocenters. The molecule has 19 heavy (non-hydrogen) atoms. The fraction of sp³-hybridized carbons (Fsp3) is 0.250. The molecule has 2 heterocycles. The minimum Gasteiger partial charge on any atom is -0.338 e. The van der Waals surface area contributed by atoms with Gasteiger partial charge in [-0.2, -0.15) is 5.10 Å². The minimum atomic E-state index is -0.192. The quantitative estimate of drug-likeness (QED) is 0.783. The molecule has 2 N–H and O–H groups in total. The Morgan fingerprint density at radius 1 is 1.53 bits per heavy atom. The number of nitrogens with one attached hydrogen (secondary N) is 2. The molecule has 0 spiro atoms. The van der Waals surface area contributed by atoms with Crippen LogP contribution in [0.3, 0.4) is 0 Å². The Morgan fingerprint density at radius 3 is 3.16 bits per heavy atom. The lowest BCUT2D eigenvalue weighted by atomic mass is 10.3. The van der Waals surface area contributed by atoms with E-state index in [4.69, 9.17) is 0 Å². The molecular weight excluding hydrogens is 262 g/mol. The maximum absolute atomic E-state index is 11.3. The van der Waals surface area contributed by atoms with Gasteiger partial charge in [-0.3, -0.25) is 0 Å². The summed E-state index contributed by atoms with van der Waals surface area (Å²) in [6, 6.07) is 1.66. The Bertz CT molecular complexity index is 534. The monoisotopic (exact) mass is 277 g/mol. The zero-order chi connectivity index (χ0) is 13.5. The van der Waals surface area contributed by atoms with Crippen molar-refractivity contribution in [3.05, 3.63) is 42.2 Å². The highest BCUT2D eigenvalue weighted by Gasteiger charge is 2.04. The summed E-state index contributed by atoms with van der Waals surface area (Å²) in [6.45, 7) is 4.54. The lowest BCUT2D eigenvalue weighted by Gasteiger charge is -2.04. The van der Waals surface area contributed by atoms with Gasteiger partial charge < -0.3 is 10.6 Å². The van der Waals surface area contributed by atoms with Gasteiger partial charge in [0.25, 0.3) is 0 Å². The van der Waals surface area contributed by atoms with Crippen LogP contribution in [0.15, 0.2) is 36.5 Å². The zero-order valence-corrected chi connectivity index (χ0v) is 11.2. The second-order valence-corrected chi connectivity index (χ2v) is 4.58. The normalized spacial score (nSPS) is 10.1. The Balaban J connectivity index is 1.78. The number of rotatable bonds is 6. The minimum absolute atomic E-state index is 0.192. The van der Waals surface area contributed by atoms with E-state index < -0.39 is 0 Å². The number of amides is 2. The Hall–Kier alpha value is -2.15. The summed E-state index contributed by atoms with van der Waals surface area (Å²) >= 11 is 1.53. The van der Waals surface area contributed by atoms with E-state index in [1.807, 2.05) is 17.6 Å². The third kappa shape index (κ3) is 3.92. The smallest absolute Gasteiger partial charge is 0.315 e. The summed E-state index contributed by atoms with van der Waals surface area (Å²) in [6.07, 6.45) is 5.89. The fourth-order valence-electron chi connectivity index (χ4n) is 1.43. The van der Waals surface area contributed by atoms with Gasteiger partial charge in [0.1, 0.15) is 0 Å². The van der Waals surface area contributed by atoms with Crippen LogP contribution in [-0.2, 0) is 6.42 Å². The van der Waals surface area contributed by atoms with E-state index in [-0.39, 0.29) is 6.03 Å². The molecule has 0 aliphatic heterocycles. The van der Waals surface area contributed by atoms with Crippen molar-refractivity contribution in [2.75, 3.05) is 13.1 Å². The molecular formula is C12H15N5OS. The van der Waals surface area contributed by atoms with E-state index in [0.29, 0.717) is 19.5 Å². The summed E-state index contributed by atoms with van der Waals surface area (Å²) in [7, 11) is 0. The molecule has 0 aromatic carbocycles. The maximum Gasteiger partial charge on any atom is 0.315 e. The second kappa shape index (κ2) is 6.69. The van der Waals surface area contributed by atoms with Crippen LogP contribution in [0, 0.1) is 0 Å². The van der Waals surface area contributed by atoms with E-state index in [9.17, 15) is 4.79 Å². The molecule has 0 aliphatic carbocycles. The molecule has 100 valence electrons. The number of nitrogens with zero attached hydrogens (tertiary/aromatic N) is 3. The van der Waals surface area contributed by atoms with Crippen molar-refractivity contribution in [3.8, 4) is 5.13 Å². The van der Waals surface area contributed by atoms with E-state index >= 15 is 0 Å². The average Bonchev–Trinajstić information content (AvgIpc) is 3.06. The maximum atomic E-state index is 11.3. The molecule has 2 amide bonds. The summed E-state index contributed by atoms with van der Waals surface area (Å²) < 4.78 is 1.72. The van der Waals surface area contributed by atoms with Gasteiger partial charge in [0.05, 0.1) is 5.69 Å². The van der Waals surface area contributed by atoms with Gasteiger partial charge in [0, 0.05) is 37.3 Å². The van der Waals surface area contributed by atoms with Crippen molar-refractivity contribution in [1.29, 1.82) is 0 Å². The van der Waals surface area contributed by atoms with Crippen LogP contribution >= 0.6 is 11.3 Å². The molecule has 0 fully saturated rings. The number of aromatic nitrogens is 3. The van der Waals surface area contributed by atoms with E-state index in [1.165, 1.54) is 11.3 Å². The summed E-state index contributed by atoms with van der Waals surface area (Å²) in [4.78, 5) is 15.7. The molecule has 0 bridgehead atoms. The van der Waals surface area contributed by atoms with Gasteiger partial charge in [-0.25, -0.2) is 14.5 Å². The van der Waals surface area contributed by atoms with Crippen molar-refractivity contribution in [1.82, 2.24) is 25.4 Å². The third-order valence-corrected chi connectivity index (χ3v) is 3.19. The highest BCUT2D eigenvalue weighted by Crippen LogP contribution is 2.13. The lowest BCUT2D eigenvalue weighted by Crippen LogP contribution is -2.36. The van der Waals surface area contributed by atoms with Gasteiger partial charge in [-0.1, -0.05) is 6.08 Å². The SMILES string of the molecule is C=CCNC(=O)NCCc1csc(-n2cccn2)n1. The molecule has 0 radical (unpaired) electrons. The van der Waals surface area contributed by atoms with Gasteiger partial charge in [-0.15, -0.1) is 17.9 Å². The number of carbonyl (C=O) groups excluding carboxylic acids is 1. The zero-order valence-electron chi connectivity index (χ0n) is 10.4. The van der Waals surface area contributed by atoms with Gasteiger partial charge >= 0.3 is 6.03 Å². The highest BCUT2D eigenvalue weighted by molar-refractivity contribution is 7.12. The molecule has 0 saturated heterocycles. The van der Waals surface area contributed by atoms with Crippen LogP contribution in [0.5, 0.6) is 0 Å². The van der Waals surface area contributed by atoms with Crippen LogP contribution in [0.25, 0.3) is 5.13 Å². The first-order valence-corrected chi connectivity index (χ1v) is 6.74. The van der Waals surface area contributed by atoms with Crippen molar-refractivity contribution in [2.24, 2.45) is 0 Å². The van der Waals surface area contributed by atoms with Crippen LogP contribution in [-0.4, -0.2) is 33.9 Å². The third-order valence-electron chi connectivity index (χ3n) is 2.31. The first-order valence-electron chi connectivity index (χ1n) is 5.86. The Kier molecular flexibility index (Phi) is 4.68. The number of thiazole rings is 1. The van der Waals surface area contributed by atoms with Crippen LogP contribution in [0.2, 0.25) is 0 Å². The molecule has 0 aliphatic rings. The van der Waals surface area contributed by atoms with Crippen LogP contribution < -0.4 is 10.6 Å². The summed E-state index contributed by atoms with van der Waals surface area (Å²) in [5.74, 6) is 0. The second-order valence-electron chi connectivity index (χ2n) is 3.75. The molecule has 0 saturated carbocycles. The lowest BCUT2D eigenvalue weighted by molar-refractivity contribution is 0.242. The van der Waals surface area contributed by atoms with E-state index in [1.54, 1.807) is 17.0 Å². The molecule has 2 rings (SSSR count). The van der Waals surface area contributed by atoms with Crippen molar-refractivity contribution >= 4 is 17.4 Å². The number of urea groups is 1. The largest absolute Gasteiger partial charge is 0.338 e. The molecule has 6 nitrogen and oxygen atoms in total. The average molecular weight is 277 g/mol. The van der Waals surface area contributed by atoms with E-state index in [0.717, 1.165) is 10.8 Å². The Labute approximate surface area is 115 Å². The summed E-state index contributed by atoms with van der Waals surface area (Å²) in [5.41, 5.74) is 0.944. The fourth-order valence-corrected chi connectivity index (χ4v) is 2.23. The first-order chi connectivity index (χ1) is 9.29. The van der Waals surface area contributed by atoms with Crippen LogP contribution in [0.4, 0.5) is 4.79 Å². The number of hydrogen-bond donors (Lipinski definition) is 2. The predicted molar refractivity (Wildman–Crippen MR) is 74.5 cm³/mol. The Morgan fingerprint density at radius 2 is 2.42 bits per heavy atom. The number of hydrogen-bond acceptors (Lipinski definition) is 4. The topological polar surface area (TPSA) is 71.8 Å². The molecule has 7 heteroatoms. The van der Waals surface area contributed by atoms with Gasteiger partial charge in [0.2, 0.25) is 5.13 Å². The number of carbonyl (C=O) groups is 1. The first kappa shape index (κ1) is 13.3. The molecule has 0 unspecified atom stereocenters. The van der Waals surface area contributed by atoms with Crippen LogP contribution in [0.1, 0.15) is 5.69 Å². The van der Waals surface area contributed by atoms with Crippen molar-refractivity contribution < 1.29 is 4.79 Å². The highest BCUT2D eigenvalue weighted by atomic mass is 32.1.